The molecule has 6 N–H and O–H groups in total. The predicted octanol–water partition coefficient (Wildman–Crippen LogP) is 6.26. The fraction of sp³-hybridized carbons (Fsp3) is 0.453. The number of nitrogens with two attached hydrogens (primary N) is 2. The van der Waals surface area contributed by atoms with Gasteiger partial charge in [-0.1, -0.05) is 88.4 Å². The maximum absolute atomic E-state index is 14.2. The molecule has 0 unspecified atom stereocenters. The molecule has 70 heavy (non-hydrogen) atoms. The second kappa shape index (κ2) is 20.8. The molecular formula is C53H67N9O8. The van der Waals surface area contributed by atoms with Crippen LogP contribution in [0.3, 0.4) is 0 Å². The normalized spacial score (nSPS) is 21.9. The summed E-state index contributed by atoms with van der Waals surface area (Å²) in [6.45, 7) is 7.85. The Balaban J connectivity index is 1.24. The Morgan fingerprint density at radius 2 is 1.04 bits per heavy atom. The van der Waals surface area contributed by atoms with Crippen molar-refractivity contribution in [2.24, 2.45) is 23.3 Å². The van der Waals surface area contributed by atoms with E-state index >= 15 is 0 Å². The zero-order valence-corrected chi connectivity index (χ0v) is 41.4. The summed E-state index contributed by atoms with van der Waals surface area (Å²) in [5.74, 6) is -1.85. The number of alkyl carbamates (subject to hydrolysis) is 2. The fourth-order valence-corrected chi connectivity index (χ4v) is 10.8. The molecule has 3 aliphatic heterocycles. The van der Waals surface area contributed by atoms with Crippen LogP contribution in [0.15, 0.2) is 91.1 Å². The number of carbonyl (C=O) groups is 6. The SMILES string of the molecule is COC(=O)N[C@H](C(=O)N1CCC[C@@]1(C(N)=O)c1ccc([C@H]2CC[C@H](c3ccc([C@]4(C(N)=O)CCCN4C(=O)[C@@H](NC(=O)OC)C(C)C)cc3)N2c2ccc(-c3ccc(N(C)C)nc3)cc2)cc1)C(C)C. The van der Waals surface area contributed by atoms with Crippen molar-refractivity contribution in [3.8, 4) is 11.1 Å². The summed E-state index contributed by atoms with van der Waals surface area (Å²) in [6, 6.07) is 25.9. The van der Waals surface area contributed by atoms with Gasteiger partial charge in [0.15, 0.2) is 0 Å². The first-order chi connectivity index (χ1) is 33.4. The van der Waals surface area contributed by atoms with Gasteiger partial charge in [0.1, 0.15) is 29.0 Å². The van der Waals surface area contributed by atoms with Crippen LogP contribution in [0.25, 0.3) is 11.1 Å². The number of anilines is 2. The van der Waals surface area contributed by atoms with E-state index in [9.17, 15) is 28.8 Å². The average molecular weight is 958 g/mol. The molecule has 6 amide bonds. The van der Waals surface area contributed by atoms with Crippen LogP contribution in [-0.4, -0.2) is 104 Å². The Labute approximate surface area is 410 Å². The quantitative estimate of drug-likeness (QED) is 0.104. The highest BCUT2D eigenvalue weighted by Crippen LogP contribution is 2.49. The van der Waals surface area contributed by atoms with Gasteiger partial charge in [-0.15, -0.1) is 0 Å². The van der Waals surface area contributed by atoms with E-state index in [4.69, 9.17) is 20.9 Å². The van der Waals surface area contributed by atoms with E-state index < -0.39 is 59.0 Å². The highest BCUT2D eigenvalue weighted by molar-refractivity contribution is 5.96. The Hall–Kier alpha value is -7.17. The molecule has 3 saturated heterocycles. The summed E-state index contributed by atoms with van der Waals surface area (Å²) in [6.07, 6.45) is 3.66. The molecule has 6 atom stereocenters. The summed E-state index contributed by atoms with van der Waals surface area (Å²) in [5.41, 5.74) is 15.7. The molecule has 7 rings (SSSR count). The average Bonchev–Trinajstić information content (AvgIpc) is 4.13. The molecule has 4 heterocycles. The van der Waals surface area contributed by atoms with Gasteiger partial charge in [-0.2, -0.15) is 0 Å². The third kappa shape index (κ3) is 9.45. The van der Waals surface area contributed by atoms with Crippen molar-refractivity contribution in [2.75, 3.05) is 51.2 Å². The molecule has 1 aromatic heterocycles. The monoisotopic (exact) mass is 958 g/mol. The molecule has 17 nitrogen and oxygen atoms in total. The molecule has 0 spiro atoms. The van der Waals surface area contributed by atoms with Gasteiger partial charge in [-0.3, -0.25) is 19.2 Å². The number of hydrogen-bond acceptors (Lipinski definition) is 11. The smallest absolute Gasteiger partial charge is 0.407 e. The lowest BCUT2D eigenvalue weighted by Crippen LogP contribution is -2.59. The van der Waals surface area contributed by atoms with Crippen LogP contribution in [0.5, 0.6) is 0 Å². The second-order valence-corrected chi connectivity index (χ2v) is 19.5. The van der Waals surface area contributed by atoms with Gasteiger partial charge in [0.05, 0.1) is 26.3 Å². The number of carbonyl (C=O) groups excluding carboxylic acids is 6. The number of amides is 6. The van der Waals surface area contributed by atoms with Crippen molar-refractivity contribution >= 4 is 47.3 Å². The minimum absolute atomic E-state index is 0.124. The van der Waals surface area contributed by atoms with Crippen molar-refractivity contribution in [3.05, 3.63) is 113 Å². The number of nitrogens with zero attached hydrogens (tertiary/aromatic N) is 5. The zero-order chi connectivity index (χ0) is 50.7. The lowest BCUT2D eigenvalue weighted by atomic mass is 9.84. The predicted molar refractivity (Wildman–Crippen MR) is 266 cm³/mol. The molecule has 17 heteroatoms. The van der Waals surface area contributed by atoms with Gasteiger partial charge in [-0.25, -0.2) is 14.6 Å². The highest BCUT2D eigenvalue weighted by atomic mass is 16.5. The molecule has 3 aliphatic rings. The maximum atomic E-state index is 14.2. The summed E-state index contributed by atoms with van der Waals surface area (Å²) < 4.78 is 9.63. The number of rotatable bonds is 15. The van der Waals surface area contributed by atoms with E-state index in [1.807, 2.05) is 107 Å². The first-order valence-corrected chi connectivity index (χ1v) is 24.0. The summed E-state index contributed by atoms with van der Waals surface area (Å²) in [4.78, 5) is 92.2. The lowest BCUT2D eigenvalue weighted by Gasteiger charge is -2.39. The van der Waals surface area contributed by atoms with Crippen LogP contribution >= 0.6 is 0 Å². The molecule has 0 radical (unpaired) electrons. The number of ether oxygens (including phenoxy) is 2. The molecule has 4 aromatic rings. The number of likely N-dealkylation sites (tertiary alicyclic amines) is 2. The number of nitrogens with one attached hydrogen (secondary N) is 2. The van der Waals surface area contributed by atoms with E-state index in [2.05, 4.69) is 50.8 Å². The van der Waals surface area contributed by atoms with Crippen LogP contribution in [0, 0.1) is 11.8 Å². The van der Waals surface area contributed by atoms with Crippen molar-refractivity contribution < 1.29 is 38.2 Å². The topological polar surface area (TPSA) is 223 Å². The van der Waals surface area contributed by atoms with Crippen molar-refractivity contribution in [1.82, 2.24) is 25.4 Å². The number of aromatic nitrogens is 1. The minimum Gasteiger partial charge on any atom is -0.453 e. The molecule has 372 valence electrons. The summed E-state index contributed by atoms with van der Waals surface area (Å²) >= 11 is 0. The Kier molecular flexibility index (Phi) is 15.1. The number of hydrogen-bond donors (Lipinski definition) is 4. The van der Waals surface area contributed by atoms with Gasteiger partial charge >= 0.3 is 12.2 Å². The van der Waals surface area contributed by atoms with E-state index in [1.54, 1.807) is 0 Å². The number of primary amides is 2. The van der Waals surface area contributed by atoms with Gasteiger partial charge < -0.3 is 51.2 Å². The van der Waals surface area contributed by atoms with Crippen LogP contribution in [-0.2, 0) is 39.7 Å². The minimum atomic E-state index is -1.43. The van der Waals surface area contributed by atoms with Crippen LogP contribution in [0.1, 0.15) is 101 Å². The Morgan fingerprint density at radius 3 is 1.39 bits per heavy atom. The lowest BCUT2D eigenvalue weighted by molar-refractivity contribution is -0.146. The third-order valence-corrected chi connectivity index (χ3v) is 14.5. The first-order valence-electron chi connectivity index (χ1n) is 24.0. The van der Waals surface area contributed by atoms with Gasteiger partial charge in [0.25, 0.3) is 0 Å². The molecule has 0 saturated carbocycles. The van der Waals surface area contributed by atoms with E-state index in [1.165, 1.54) is 24.0 Å². The largest absolute Gasteiger partial charge is 0.453 e. The van der Waals surface area contributed by atoms with E-state index in [0.29, 0.717) is 36.8 Å². The van der Waals surface area contributed by atoms with Crippen molar-refractivity contribution in [1.29, 1.82) is 0 Å². The second-order valence-electron chi connectivity index (χ2n) is 19.5. The Morgan fingerprint density at radius 1 is 0.629 bits per heavy atom. The third-order valence-electron chi connectivity index (χ3n) is 14.5. The molecule has 0 bridgehead atoms. The molecular weight excluding hydrogens is 891 g/mol. The van der Waals surface area contributed by atoms with Gasteiger partial charge in [0.2, 0.25) is 23.6 Å². The zero-order valence-electron chi connectivity index (χ0n) is 41.4. The fourth-order valence-electron chi connectivity index (χ4n) is 10.8. The first kappa shape index (κ1) is 50.7. The number of pyridine rings is 1. The van der Waals surface area contributed by atoms with E-state index in [-0.39, 0.29) is 37.0 Å². The van der Waals surface area contributed by atoms with Gasteiger partial charge in [0, 0.05) is 44.6 Å². The summed E-state index contributed by atoms with van der Waals surface area (Å²) in [5, 5.41) is 5.30. The van der Waals surface area contributed by atoms with Crippen molar-refractivity contribution in [3.63, 3.8) is 0 Å². The molecule has 3 fully saturated rings. The Bertz CT molecular complexity index is 2420. The van der Waals surface area contributed by atoms with Crippen LogP contribution < -0.4 is 31.9 Å². The highest BCUT2D eigenvalue weighted by Gasteiger charge is 2.53. The standard InChI is InChI=1S/C53H67N9O8/c1-32(2)44(57-50(67)69-7)46(63)60-29-9-27-52(60,48(54)65)38-18-11-35(12-19-38)41-24-25-42(62(41)40-22-15-34(16-23-40)37-17-26-43(56-31-37)59(5)6)36-13-20-39(21-14-36)53(49(55)66)28-10-30-61(53)47(64)45(33(3)4)58-51(68)70-8/h11-23,26,31-33,41-42,44-45H,9-10,24-25,27-30H2,1-8H3,(H2,54,65)(H2,55,66)(H,57,67)(H,58,68)/t41-,42-,44+,45+,52+,53+/m1/s1. The number of methoxy groups -OCH3 is 2. The van der Waals surface area contributed by atoms with Gasteiger partial charge in [-0.05, 0) is 102 Å². The number of benzene rings is 3. The summed E-state index contributed by atoms with van der Waals surface area (Å²) in [7, 11) is 6.37. The molecule has 3 aromatic carbocycles. The maximum Gasteiger partial charge on any atom is 0.407 e. The van der Waals surface area contributed by atoms with Crippen LogP contribution in [0.4, 0.5) is 21.1 Å². The van der Waals surface area contributed by atoms with E-state index in [0.717, 1.165) is 46.6 Å². The van der Waals surface area contributed by atoms with Crippen molar-refractivity contribution in [2.45, 2.75) is 101 Å². The van der Waals surface area contributed by atoms with Crippen LogP contribution in [0.2, 0.25) is 0 Å². The molecule has 0 aliphatic carbocycles.